The lowest BCUT2D eigenvalue weighted by atomic mass is 9.73. The third-order valence-corrected chi connectivity index (χ3v) is 6.92. The van der Waals surface area contributed by atoms with E-state index in [1.54, 1.807) is 13.0 Å². The summed E-state index contributed by atoms with van der Waals surface area (Å²) in [5.74, 6) is 0.189. The number of carbonyl (C=O) groups is 2. The number of nitrogens with two attached hydrogens (primary N) is 1. The van der Waals surface area contributed by atoms with Crippen molar-refractivity contribution in [1.29, 1.82) is 0 Å². The molecular formula is C28H32N2O4. The van der Waals surface area contributed by atoms with Gasteiger partial charge in [-0.25, -0.2) is 4.79 Å². The van der Waals surface area contributed by atoms with Gasteiger partial charge in [0.15, 0.2) is 5.60 Å². The SMILES string of the molecule is Cc1oc(-c2ccccc2)cc1C(=O)OC1(C(N)=O)CCC(C(c2ccccc2)N(C)C)CC1. The minimum absolute atomic E-state index is 0.215. The van der Waals surface area contributed by atoms with Crippen molar-refractivity contribution in [2.24, 2.45) is 11.7 Å². The van der Waals surface area contributed by atoms with E-state index < -0.39 is 17.5 Å². The quantitative estimate of drug-likeness (QED) is 0.494. The summed E-state index contributed by atoms with van der Waals surface area (Å²) in [5.41, 5.74) is 6.92. The van der Waals surface area contributed by atoms with Crippen LogP contribution in [0.1, 0.15) is 53.4 Å². The van der Waals surface area contributed by atoms with Crippen molar-refractivity contribution < 1.29 is 18.7 Å². The van der Waals surface area contributed by atoms with Crippen molar-refractivity contribution in [2.45, 2.75) is 44.2 Å². The summed E-state index contributed by atoms with van der Waals surface area (Å²) in [6, 6.07) is 21.8. The lowest BCUT2D eigenvalue weighted by molar-refractivity contribution is -0.142. The summed E-state index contributed by atoms with van der Waals surface area (Å²) >= 11 is 0. The summed E-state index contributed by atoms with van der Waals surface area (Å²) in [6.45, 7) is 1.72. The zero-order valence-electron chi connectivity index (χ0n) is 20.0. The molecular weight excluding hydrogens is 428 g/mol. The number of nitrogens with zero attached hydrogens (tertiary/aromatic N) is 1. The van der Waals surface area contributed by atoms with E-state index in [9.17, 15) is 9.59 Å². The van der Waals surface area contributed by atoms with Gasteiger partial charge in [-0.05, 0) is 64.3 Å². The lowest BCUT2D eigenvalue weighted by Gasteiger charge is -2.41. The topological polar surface area (TPSA) is 85.8 Å². The normalized spacial score (nSPS) is 21.2. The highest BCUT2D eigenvalue weighted by Gasteiger charge is 2.46. The van der Waals surface area contributed by atoms with Crippen LogP contribution in [0.2, 0.25) is 0 Å². The molecule has 6 nitrogen and oxygen atoms in total. The second-order valence-electron chi connectivity index (χ2n) is 9.35. The van der Waals surface area contributed by atoms with Gasteiger partial charge >= 0.3 is 5.97 Å². The molecule has 1 heterocycles. The minimum atomic E-state index is -1.31. The molecule has 2 N–H and O–H groups in total. The zero-order valence-corrected chi connectivity index (χ0v) is 20.0. The van der Waals surface area contributed by atoms with Crippen molar-refractivity contribution in [3.8, 4) is 11.3 Å². The second-order valence-corrected chi connectivity index (χ2v) is 9.35. The predicted molar refractivity (Wildman–Crippen MR) is 131 cm³/mol. The number of benzene rings is 2. The van der Waals surface area contributed by atoms with Crippen LogP contribution in [0.15, 0.2) is 71.1 Å². The highest BCUT2D eigenvalue weighted by Crippen LogP contribution is 2.43. The summed E-state index contributed by atoms with van der Waals surface area (Å²) in [6.07, 6.45) is 2.26. The van der Waals surface area contributed by atoms with Crippen LogP contribution in [-0.2, 0) is 9.53 Å². The average molecular weight is 461 g/mol. The number of esters is 1. The number of furan rings is 1. The van der Waals surface area contributed by atoms with Gasteiger partial charge < -0.3 is 19.8 Å². The molecule has 0 spiro atoms. The van der Waals surface area contributed by atoms with Crippen LogP contribution in [0.3, 0.4) is 0 Å². The fraction of sp³-hybridized carbons (Fsp3) is 0.357. The molecule has 1 aliphatic rings. The van der Waals surface area contributed by atoms with E-state index in [-0.39, 0.29) is 6.04 Å². The number of hydrogen-bond acceptors (Lipinski definition) is 5. The van der Waals surface area contributed by atoms with Gasteiger partial charge in [0.05, 0.1) is 0 Å². The standard InChI is InChI=1S/C28H32N2O4/c1-19-23(18-24(33-19)20-10-6-4-7-11-20)26(31)34-28(27(29)32)16-14-22(15-17-28)25(30(2)3)21-12-8-5-9-13-21/h4-13,18,22,25H,14-17H2,1-3H3,(H2,29,32). The highest BCUT2D eigenvalue weighted by molar-refractivity contribution is 5.95. The molecule has 0 aliphatic heterocycles. The number of rotatable bonds is 7. The Morgan fingerprint density at radius 2 is 1.62 bits per heavy atom. The third-order valence-electron chi connectivity index (χ3n) is 6.92. The van der Waals surface area contributed by atoms with Gasteiger partial charge in [-0.3, -0.25) is 4.79 Å². The molecule has 3 aromatic rings. The molecule has 0 bridgehead atoms. The van der Waals surface area contributed by atoms with Gasteiger partial charge in [-0.1, -0.05) is 60.7 Å². The highest BCUT2D eigenvalue weighted by atomic mass is 16.6. The average Bonchev–Trinajstić information content (AvgIpc) is 3.23. The fourth-order valence-corrected chi connectivity index (χ4v) is 5.12. The number of amides is 1. The van der Waals surface area contributed by atoms with Crippen molar-refractivity contribution in [3.63, 3.8) is 0 Å². The summed E-state index contributed by atoms with van der Waals surface area (Å²) in [4.78, 5) is 27.9. The first kappa shape index (κ1) is 23.8. The molecule has 178 valence electrons. The maximum atomic E-state index is 13.1. The van der Waals surface area contributed by atoms with Crippen LogP contribution in [0.4, 0.5) is 0 Å². The van der Waals surface area contributed by atoms with Crippen LogP contribution in [-0.4, -0.2) is 36.5 Å². The Kier molecular flexibility index (Phi) is 6.89. The first-order valence-corrected chi connectivity index (χ1v) is 11.7. The molecule has 1 unspecified atom stereocenters. The number of carbonyl (C=O) groups excluding carboxylic acids is 2. The Morgan fingerprint density at radius 1 is 1.03 bits per heavy atom. The first-order chi connectivity index (χ1) is 16.3. The molecule has 1 aromatic heterocycles. The maximum Gasteiger partial charge on any atom is 0.342 e. The van der Waals surface area contributed by atoms with E-state index in [0.29, 0.717) is 35.8 Å². The molecule has 34 heavy (non-hydrogen) atoms. The summed E-state index contributed by atoms with van der Waals surface area (Å²) < 4.78 is 11.7. The third kappa shape index (κ3) is 4.77. The molecule has 1 atom stereocenters. The van der Waals surface area contributed by atoms with Gasteiger partial charge in [-0.15, -0.1) is 0 Å². The summed E-state index contributed by atoms with van der Waals surface area (Å²) in [7, 11) is 4.14. The van der Waals surface area contributed by atoms with Crippen LogP contribution in [0.5, 0.6) is 0 Å². The minimum Gasteiger partial charge on any atom is -0.460 e. The molecule has 1 fully saturated rings. The van der Waals surface area contributed by atoms with Crippen LogP contribution < -0.4 is 5.73 Å². The molecule has 1 saturated carbocycles. The molecule has 0 saturated heterocycles. The number of primary amides is 1. The Labute approximate surface area is 200 Å². The smallest absolute Gasteiger partial charge is 0.342 e. The van der Waals surface area contributed by atoms with Crippen molar-refractivity contribution >= 4 is 11.9 Å². The van der Waals surface area contributed by atoms with Crippen molar-refractivity contribution in [2.75, 3.05) is 14.1 Å². The maximum absolute atomic E-state index is 13.1. The Bertz CT molecular complexity index is 1130. The lowest BCUT2D eigenvalue weighted by Crippen LogP contribution is -2.51. The number of ether oxygens (including phenoxy) is 1. The van der Waals surface area contributed by atoms with E-state index in [1.807, 2.05) is 48.5 Å². The largest absolute Gasteiger partial charge is 0.460 e. The molecule has 4 rings (SSSR count). The Hall–Kier alpha value is -3.38. The molecule has 0 radical (unpaired) electrons. The van der Waals surface area contributed by atoms with Gasteiger partial charge in [0, 0.05) is 11.6 Å². The van der Waals surface area contributed by atoms with E-state index in [1.165, 1.54) is 5.56 Å². The van der Waals surface area contributed by atoms with Crippen LogP contribution in [0.25, 0.3) is 11.3 Å². The predicted octanol–water partition coefficient (Wildman–Crippen LogP) is 5.13. The summed E-state index contributed by atoms with van der Waals surface area (Å²) in [5, 5.41) is 0. The van der Waals surface area contributed by atoms with E-state index in [0.717, 1.165) is 18.4 Å². The fourth-order valence-electron chi connectivity index (χ4n) is 5.12. The van der Waals surface area contributed by atoms with Gasteiger partial charge in [-0.2, -0.15) is 0 Å². The van der Waals surface area contributed by atoms with Gasteiger partial charge in [0.25, 0.3) is 5.91 Å². The van der Waals surface area contributed by atoms with Gasteiger partial charge in [0.2, 0.25) is 0 Å². The number of hydrogen-bond donors (Lipinski definition) is 1. The van der Waals surface area contributed by atoms with Crippen molar-refractivity contribution in [3.05, 3.63) is 83.6 Å². The molecule has 2 aromatic carbocycles. The van der Waals surface area contributed by atoms with Crippen molar-refractivity contribution in [1.82, 2.24) is 4.90 Å². The van der Waals surface area contributed by atoms with Gasteiger partial charge in [0.1, 0.15) is 17.1 Å². The van der Waals surface area contributed by atoms with Crippen LogP contribution >= 0.6 is 0 Å². The Balaban J connectivity index is 1.51. The van der Waals surface area contributed by atoms with E-state index >= 15 is 0 Å². The second kappa shape index (κ2) is 9.85. The first-order valence-electron chi connectivity index (χ1n) is 11.7. The van der Waals surface area contributed by atoms with E-state index in [2.05, 4.69) is 31.1 Å². The van der Waals surface area contributed by atoms with Crippen LogP contribution in [0, 0.1) is 12.8 Å². The zero-order chi connectivity index (χ0) is 24.3. The molecule has 1 aliphatic carbocycles. The molecule has 6 heteroatoms. The number of aryl methyl sites for hydroxylation is 1. The monoisotopic (exact) mass is 460 g/mol. The van der Waals surface area contributed by atoms with E-state index in [4.69, 9.17) is 14.9 Å². The molecule has 1 amide bonds. The Morgan fingerprint density at radius 3 is 2.18 bits per heavy atom.